The number of nitrogens with two attached hydrogens (primary N) is 1. The van der Waals surface area contributed by atoms with E-state index in [1.165, 1.54) is 18.2 Å². The number of anilines is 1. The molecule has 37 heavy (non-hydrogen) atoms. The van der Waals surface area contributed by atoms with Crippen molar-refractivity contribution < 1.29 is 31.9 Å². The number of aromatic nitrogens is 1. The van der Waals surface area contributed by atoms with Crippen LogP contribution in [-0.4, -0.2) is 43.3 Å². The van der Waals surface area contributed by atoms with Crippen molar-refractivity contribution in [1.29, 1.82) is 0 Å². The Morgan fingerprint density at radius 3 is 2.41 bits per heavy atom. The minimum absolute atomic E-state index is 0.0551. The molecular formula is C24H33FN4O6S2. The SMILES string of the molecule is CC(C)OC(=O)Nc1ccc(-c2sc(C3CCC(OC(N)=O)CC3)nc2F)c(S(=O)(=O)NC(C)(C)C)c1. The number of sulfonamides is 1. The molecule has 204 valence electrons. The Morgan fingerprint density at radius 2 is 1.84 bits per heavy atom. The monoisotopic (exact) mass is 556 g/mol. The summed E-state index contributed by atoms with van der Waals surface area (Å²) in [4.78, 5) is 27.1. The quantitative estimate of drug-likeness (QED) is 0.429. The van der Waals surface area contributed by atoms with Gasteiger partial charge in [-0.05, 0) is 78.5 Å². The van der Waals surface area contributed by atoms with E-state index >= 15 is 4.39 Å². The molecule has 13 heteroatoms. The molecule has 0 unspecified atom stereocenters. The predicted octanol–water partition coefficient (Wildman–Crippen LogP) is 5.10. The molecule has 2 aromatic rings. The molecule has 2 amide bonds. The molecule has 0 radical (unpaired) electrons. The Hall–Kier alpha value is -2.77. The van der Waals surface area contributed by atoms with Crippen LogP contribution in [0.1, 0.15) is 71.2 Å². The Labute approximate surface area is 220 Å². The van der Waals surface area contributed by atoms with E-state index in [1.54, 1.807) is 34.6 Å². The lowest BCUT2D eigenvalue weighted by Crippen LogP contribution is -2.40. The number of nitrogens with one attached hydrogen (secondary N) is 2. The molecule has 0 bridgehead atoms. The number of nitrogens with zero attached hydrogens (tertiary/aromatic N) is 1. The normalized spacial score (nSPS) is 18.5. The van der Waals surface area contributed by atoms with Crippen LogP contribution in [0.15, 0.2) is 23.1 Å². The van der Waals surface area contributed by atoms with E-state index in [1.807, 2.05) is 0 Å². The number of hydrogen-bond donors (Lipinski definition) is 3. The van der Waals surface area contributed by atoms with Gasteiger partial charge in [0.15, 0.2) is 0 Å². The summed E-state index contributed by atoms with van der Waals surface area (Å²) >= 11 is 1.09. The maximum absolute atomic E-state index is 15.2. The van der Waals surface area contributed by atoms with Gasteiger partial charge in [0.25, 0.3) is 0 Å². The smallest absolute Gasteiger partial charge is 0.411 e. The van der Waals surface area contributed by atoms with Gasteiger partial charge in [0.05, 0.1) is 20.9 Å². The third-order valence-electron chi connectivity index (χ3n) is 5.45. The number of hydrogen-bond acceptors (Lipinski definition) is 8. The average Bonchev–Trinajstić information content (AvgIpc) is 3.13. The maximum atomic E-state index is 15.2. The zero-order valence-corrected chi connectivity index (χ0v) is 23.1. The Morgan fingerprint density at radius 1 is 1.19 bits per heavy atom. The number of carbonyl (C=O) groups is 2. The van der Waals surface area contributed by atoms with Crippen LogP contribution in [0.25, 0.3) is 10.4 Å². The lowest BCUT2D eigenvalue weighted by molar-refractivity contribution is 0.0786. The van der Waals surface area contributed by atoms with Crippen molar-refractivity contribution in [3.05, 3.63) is 29.2 Å². The highest BCUT2D eigenvalue weighted by Gasteiger charge is 2.31. The molecule has 1 heterocycles. The summed E-state index contributed by atoms with van der Waals surface area (Å²) in [7, 11) is -4.12. The third kappa shape index (κ3) is 7.86. The molecule has 1 aliphatic carbocycles. The maximum Gasteiger partial charge on any atom is 0.411 e. The standard InChI is InChI=1S/C24H33FN4O6S2/c1-13(2)34-23(31)27-15-8-11-17(18(12-15)37(32,33)29-24(3,4)5)19-20(25)28-21(36-19)14-6-9-16(10-7-14)35-22(26)30/h8,11-14,16,29H,6-7,9-10H2,1-5H3,(H2,26,30)(H,27,31). The molecule has 0 spiro atoms. The highest BCUT2D eigenvalue weighted by molar-refractivity contribution is 7.89. The van der Waals surface area contributed by atoms with Gasteiger partial charge in [0, 0.05) is 22.7 Å². The molecule has 0 atom stereocenters. The highest BCUT2D eigenvalue weighted by Crippen LogP contribution is 2.41. The fraction of sp³-hybridized carbons (Fsp3) is 0.542. The van der Waals surface area contributed by atoms with E-state index in [4.69, 9.17) is 15.2 Å². The van der Waals surface area contributed by atoms with E-state index in [9.17, 15) is 18.0 Å². The minimum Gasteiger partial charge on any atom is -0.447 e. The molecule has 1 aromatic carbocycles. The van der Waals surface area contributed by atoms with Gasteiger partial charge in [-0.1, -0.05) is 0 Å². The predicted molar refractivity (Wildman–Crippen MR) is 138 cm³/mol. The van der Waals surface area contributed by atoms with E-state index in [0.717, 1.165) is 11.3 Å². The number of primary amides is 1. The lowest BCUT2D eigenvalue weighted by Gasteiger charge is -2.26. The molecular weight excluding hydrogens is 523 g/mol. The van der Waals surface area contributed by atoms with Crippen molar-refractivity contribution in [2.75, 3.05) is 5.32 Å². The third-order valence-corrected chi connectivity index (χ3v) is 8.48. The Balaban J connectivity index is 1.96. The van der Waals surface area contributed by atoms with Crippen LogP contribution in [0.3, 0.4) is 0 Å². The molecule has 1 aromatic heterocycles. The van der Waals surface area contributed by atoms with Gasteiger partial charge in [0.1, 0.15) is 6.10 Å². The first-order chi connectivity index (χ1) is 17.1. The number of halogens is 1. The molecule has 0 saturated heterocycles. The minimum atomic E-state index is -4.12. The number of amides is 2. The van der Waals surface area contributed by atoms with Gasteiger partial charge in [-0.25, -0.2) is 27.7 Å². The van der Waals surface area contributed by atoms with Crippen molar-refractivity contribution in [2.45, 2.75) is 88.9 Å². The van der Waals surface area contributed by atoms with Crippen LogP contribution in [0.4, 0.5) is 19.7 Å². The number of rotatable bonds is 7. The van der Waals surface area contributed by atoms with Crippen molar-refractivity contribution >= 4 is 39.2 Å². The van der Waals surface area contributed by atoms with Gasteiger partial charge < -0.3 is 15.2 Å². The summed E-state index contributed by atoms with van der Waals surface area (Å²) in [5, 5.41) is 3.05. The summed E-state index contributed by atoms with van der Waals surface area (Å²) < 4.78 is 54.6. The number of benzene rings is 1. The number of carbonyl (C=O) groups excluding carboxylic acids is 2. The van der Waals surface area contributed by atoms with E-state index in [2.05, 4.69) is 15.0 Å². The van der Waals surface area contributed by atoms with Crippen LogP contribution < -0.4 is 15.8 Å². The molecule has 4 N–H and O–H groups in total. The van der Waals surface area contributed by atoms with E-state index in [-0.39, 0.29) is 39.1 Å². The summed E-state index contributed by atoms with van der Waals surface area (Å²) in [5.41, 5.74) is 4.60. The Bertz CT molecular complexity index is 1250. The summed E-state index contributed by atoms with van der Waals surface area (Å²) in [6.07, 6.45) is 0.200. The zero-order valence-electron chi connectivity index (χ0n) is 21.5. The van der Waals surface area contributed by atoms with Crippen LogP contribution in [0, 0.1) is 5.95 Å². The second kappa shape index (κ2) is 11.3. The second-order valence-corrected chi connectivity index (χ2v) is 12.9. The van der Waals surface area contributed by atoms with Gasteiger partial charge in [-0.15, -0.1) is 11.3 Å². The van der Waals surface area contributed by atoms with Crippen molar-refractivity contribution in [2.24, 2.45) is 5.73 Å². The molecule has 1 aliphatic rings. The molecule has 10 nitrogen and oxygen atoms in total. The largest absolute Gasteiger partial charge is 0.447 e. The molecule has 1 saturated carbocycles. The highest BCUT2D eigenvalue weighted by atomic mass is 32.2. The molecule has 3 rings (SSSR count). The summed E-state index contributed by atoms with van der Waals surface area (Å²) in [6, 6.07) is 4.20. The zero-order chi connectivity index (χ0) is 27.5. The van der Waals surface area contributed by atoms with Gasteiger partial charge in [-0.2, -0.15) is 4.39 Å². The topological polar surface area (TPSA) is 150 Å². The van der Waals surface area contributed by atoms with Crippen molar-refractivity contribution in [1.82, 2.24) is 9.71 Å². The number of thiazole rings is 1. The van der Waals surface area contributed by atoms with Crippen LogP contribution in [-0.2, 0) is 19.5 Å². The first kappa shape index (κ1) is 28.8. The molecule has 0 aliphatic heterocycles. The van der Waals surface area contributed by atoms with Crippen molar-refractivity contribution in [3.8, 4) is 10.4 Å². The average molecular weight is 557 g/mol. The summed E-state index contributed by atoms with van der Waals surface area (Å²) in [6.45, 7) is 8.45. The van der Waals surface area contributed by atoms with Crippen molar-refractivity contribution in [3.63, 3.8) is 0 Å². The van der Waals surface area contributed by atoms with Crippen LogP contribution in [0.5, 0.6) is 0 Å². The second-order valence-electron chi connectivity index (χ2n) is 10.2. The lowest BCUT2D eigenvalue weighted by atomic mass is 9.88. The van der Waals surface area contributed by atoms with E-state index < -0.39 is 33.7 Å². The number of ether oxygens (including phenoxy) is 2. The Kier molecular flexibility index (Phi) is 8.81. The summed E-state index contributed by atoms with van der Waals surface area (Å²) in [5.74, 6) is -0.830. The first-order valence-corrected chi connectivity index (χ1v) is 14.2. The fourth-order valence-electron chi connectivity index (χ4n) is 4.08. The fourth-order valence-corrected chi connectivity index (χ4v) is 6.96. The van der Waals surface area contributed by atoms with E-state index in [0.29, 0.717) is 30.7 Å². The van der Waals surface area contributed by atoms with Gasteiger partial charge >= 0.3 is 12.2 Å². The van der Waals surface area contributed by atoms with Crippen LogP contribution >= 0.6 is 11.3 Å². The molecule has 1 fully saturated rings. The van der Waals surface area contributed by atoms with Gasteiger partial charge in [0.2, 0.25) is 16.0 Å². The van der Waals surface area contributed by atoms with Gasteiger partial charge in [-0.3, -0.25) is 5.32 Å². The van der Waals surface area contributed by atoms with Crippen LogP contribution in [0.2, 0.25) is 0 Å². The first-order valence-electron chi connectivity index (χ1n) is 11.9.